The zero-order chi connectivity index (χ0) is 13.2. The molecule has 0 fully saturated rings. The van der Waals surface area contributed by atoms with Crippen molar-refractivity contribution in [3.05, 3.63) is 48.0 Å². The van der Waals surface area contributed by atoms with E-state index in [1.54, 1.807) is 24.4 Å². The van der Waals surface area contributed by atoms with Crippen LogP contribution in [0.4, 0.5) is 0 Å². The van der Waals surface area contributed by atoms with Crippen molar-refractivity contribution in [1.82, 2.24) is 25.0 Å². The van der Waals surface area contributed by atoms with E-state index in [-0.39, 0.29) is 5.56 Å². The van der Waals surface area contributed by atoms with E-state index in [4.69, 9.17) is 0 Å². The zero-order valence-corrected chi connectivity index (χ0v) is 9.76. The van der Waals surface area contributed by atoms with Crippen LogP contribution in [0.25, 0.3) is 11.0 Å². The maximum absolute atomic E-state index is 11.2. The summed E-state index contributed by atoms with van der Waals surface area (Å²) in [6, 6.07) is 6.65. The fourth-order valence-electron chi connectivity index (χ4n) is 1.88. The van der Waals surface area contributed by atoms with Gasteiger partial charge in [-0.05, 0) is 18.2 Å². The van der Waals surface area contributed by atoms with Gasteiger partial charge in [-0.3, -0.25) is 0 Å². The van der Waals surface area contributed by atoms with Crippen LogP contribution in [0.2, 0.25) is 0 Å². The van der Waals surface area contributed by atoms with Crippen molar-refractivity contribution in [3.63, 3.8) is 0 Å². The average Bonchev–Trinajstić information content (AvgIpc) is 2.83. The molecule has 0 aliphatic carbocycles. The van der Waals surface area contributed by atoms with Crippen LogP contribution in [0.3, 0.4) is 0 Å². The van der Waals surface area contributed by atoms with E-state index >= 15 is 0 Å². The van der Waals surface area contributed by atoms with E-state index in [1.807, 2.05) is 0 Å². The summed E-state index contributed by atoms with van der Waals surface area (Å²) in [6.45, 7) is 0.351. The first-order chi connectivity index (χ1) is 9.25. The second kappa shape index (κ2) is 4.45. The lowest BCUT2D eigenvalue weighted by molar-refractivity contribution is 0.0698. The minimum atomic E-state index is -1.00. The van der Waals surface area contributed by atoms with Crippen molar-refractivity contribution in [2.24, 2.45) is 0 Å². The van der Waals surface area contributed by atoms with Gasteiger partial charge in [-0.2, -0.15) is 0 Å². The SMILES string of the molecule is O=C(O)c1cccc2nnn(Cc3ccncn3)c12. The third-order valence-corrected chi connectivity index (χ3v) is 2.72. The third kappa shape index (κ3) is 2.01. The predicted molar refractivity (Wildman–Crippen MR) is 65.6 cm³/mol. The number of aromatic carboxylic acids is 1. The Bertz CT molecular complexity index is 738. The highest BCUT2D eigenvalue weighted by molar-refractivity contribution is 6.00. The minimum Gasteiger partial charge on any atom is -0.478 e. The van der Waals surface area contributed by atoms with Gasteiger partial charge in [-0.15, -0.1) is 5.10 Å². The molecule has 0 saturated heterocycles. The largest absolute Gasteiger partial charge is 0.478 e. The van der Waals surface area contributed by atoms with Crippen LogP contribution in [0.1, 0.15) is 16.1 Å². The number of benzene rings is 1. The highest BCUT2D eigenvalue weighted by Crippen LogP contribution is 2.17. The van der Waals surface area contributed by atoms with Gasteiger partial charge < -0.3 is 5.11 Å². The average molecular weight is 255 g/mol. The molecule has 3 rings (SSSR count). The molecule has 0 aliphatic heterocycles. The summed E-state index contributed by atoms with van der Waals surface area (Å²) < 4.78 is 1.53. The molecule has 7 heteroatoms. The summed E-state index contributed by atoms with van der Waals surface area (Å²) in [5.74, 6) is -1.00. The fraction of sp³-hybridized carbons (Fsp3) is 0.0833. The first-order valence-corrected chi connectivity index (χ1v) is 5.56. The van der Waals surface area contributed by atoms with Crippen molar-refractivity contribution < 1.29 is 9.90 Å². The lowest BCUT2D eigenvalue weighted by atomic mass is 10.2. The van der Waals surface area contributed by atoms with Crippen LogP contribution >= 0.6 is 0 Å². The highest BCUT2D eigenvalue weighted by atomic mass is 16.4. The Morgan fingerprint density at radius 2 is 2.21 bits per heavy atom. The Labute approximate surface area is 107 Å². The molecule has 1 N–H and O–H groups in total. The van der Waals surface area contributed by atoms with Crippen LogP contribution in [0.5, 0.6) is 0 Å². The van der Waals surface area contributed by atoms with Gasteiger partial charge in [0.15, 0.2) is 0 Å². The lowest BCUT2D eigenvalue weighted by Crippen LogP contribution is -2.07. The number of hydrogen-bond donors (Lipinski definition) is 1. The maximum Gasteiger partial charge on any atom is 0.337 e. The number of carboxylic acids is 1. The van der Waals surface area contributed by atoms with Crippen molar-refractivity contribution >= 4 is 17.0 Å². The molecular weight excluding hydrogens is 246 g/mol. The Morgan fingerprint density at radius 1 is 1.32 bits per heavy atom. The molecule has 2 aromatic heterocycles. The minimum absolute atomic E-state index is 0.177. The number of para-hydroxylation sites is 1. The first kappa shape index (κ1) is 11.3. The molecule has 3 aromatic rings. The first-order valence-electron chi connectivity index (χ1n) is 5.56. The van der Waals surface area contributed by atoms with Gasteiger partial charge >= 0.3 is 5.97 Å². The van der Waals surface area contributed by atoms with E-state index in [9.17, 15) is 9.90 Å². The van der Waals surface area contributed by atoms with Gasteiger partial charge in [0.25, 0.3) is 0 Å². The van der Waals surface area contributed by atoms with E-state index in [1.165, 1.54) is 17.1 Å². The molecule has 0 atom stereocenters. The monoisotopic (exact) mass is 255 g/mol. The molecule has 0 unspecified atom stereocenters. The fourth-order valence-corrected chi connectivity index (χ4v) is 1.88. The molecule has 94 valence electrons. The Balaban J connectivity index is 2.12. The quantitative estimate of drug-likeness (QED) is 0.749. The number of carboxylic acid groups (broad SMARTS) is 1. The summed E-state index contributed by atoms with van der Waals surface area (Å²) in [5, 5.41) is 17.1. The van der Waals surface area contributed by atoms with E-state index in [2.05, 4.69) is 20.3 Å². The smallest absolute Gasteiger partial charge is 0.337 e. The van der Waals surface area contributed by atoms with Crippen LogP contribution in [-0.4, -0.2) is 36.0 Å². The number of carbonyl (C=O) groups is 1. The highest BCUT2D eigenvalue weighted by Gasteiger charge is 2.14. The summed E-state index contributed by atoms with van der Waals surface area (Å²) in [5.41, 5.74) is 1.96. The molecule has 19 heavy (non-hydrogen) atoms. The summed E-state index contributed by atoms with van der Waals surface area (Å²) in [6.07, 6.45) is 3.06. The molecule has 0 spiro atoms. The zero-order valence-electron chi connectivity index (χ0n) is 9.76. The van der Waals surface area contributed by atoms with Crippen molar-refractivity contribution in [2.45, 2.75) is 6.54 Å². The normalized spacial score (nSPS) is 10.7. The Kier molecular flexibility index (Phi) is 2.64. The molecule has 0 aliphatic rings. The molecule has 2 heterocycles. The summed E-state index contributed by atoms with van der Waals surface area (Å²) in [4.78, 5) is 19.1. The Hall–Kier alpha value is -2.83. The number of nitrogens with zero attached hydrogens (tertiary/aromatic N) is 5. The van der Waals surface area contributed by atoms with Gasteiger partial charge in [0.2, 0.25) is 0 Å². The van der Waals surface area contributed by atoms with Crippen LogP contribution in [-0.2, 0) is 6.54 Å². The van der Waals surface area contributed by atoms with E-state index in [0.29, 0.717) is 17.6 Å². The third-order valence-electron chi connectivity index (χ3n) is 2.72. The topological polar surface area (TPSA) is 93.8 Å². The van der Waals surface area contributed by atoms with Gasteiger partial charge in [0, 0.05) is 6.20 Å². The second-order valence-corrected chi connectivity index (χ2v) is 3.93. The van der Waals surface area contributed by atoms with Crippen molar-refractivity contribution in [3.8, 4) is 0 Å². The van der Waals surface area contributed by atoms with Crippen molar-refractivity contribution in [1.29, 1.82) is 0 Å². The summed E-state index contributed by atoms with van der Waals surface area (Å²) in [7, 11) is 0. The van der Waals surface area contributed by atoms with Crippen LogP contribution in [0, 0.1) is 0 Å². The van der Waals surface area contributed by atoms with Crippen LogP contribution in [0.15, 0.2) is 36.8 Å². The van der Waals surface area contributed by atoms with Gasteiger partial charge in [0.1, 0.15) is 17.4 Å². The molecular formula is C12H9N5O2. The summed E-state index contributed by atoms with van der Waals surface area (Å²) >= 11 is 0. The van der Waals surface area contributed by atoms with Gasteiger partial charge in [-0.1, -0.05) is 11.3 Å². The molecule has 1 aromatic carbocycles. The maximum atomic E-state index is 11.2. The Morgan fingerprint density at radius 3 is 2.95 bits per heavy atom. The molecule has 0 radical (unpaired) electrons. The number of hydrogen-bond acceptors (Lipinski definition) is 5. The second-order valence-electron chi connectivity index (χ2n) is 3.93. The standard InChI is InChI=1S/C12H9N5O2/c18-12(19)9-2-1-3-10-11(9)17(16-15-10)6-8-4-5-13-7-14-8/h1-5,7H,6H2,(H,18,19). The number of aromatic nitrogens is 5. The van der Waals surface area contributed by atoms with Crippen LogP contribution < -0.4 is 0 Å². The number of rotatable bonds is 3. The number of fused-ring (bicyclic) bond motifs is 1. The lowest BCUT2D eigenvalue weighted by Gasteiger charge is -2.03. The van der Waals surface area contributed by atoms with Gasteiger partial charge in [0.05, 0.1) is 17.8 Å². The molecule has 7 nitrogen and oxygen atoms in total. The molecule has 0 bridgehead atoms. The molecule has 0 saturated carbocycles. The predicted octanol–water partition coefficient (Wildman–Crippen LogP) is 0.968. The van der Waals surface area contributed by atoms with Gasteiger partial charge in [-0.25, -0.2) is 19.4 Å². The van der Waals surface area contributed by atoms with Crippen molar-refractivity contribution in [2.75, 3.05) is 0 Å². The molecule has 0 amide bonds. The van der Waals surface area contributed by atoms with E-state index in [0.717, 1.165) is 5.69 Å². The van der Waals surface area contributed by atoms with E-state index < -0.39 is 5.97 Å².